The fourth-order valence-corrected chi connectivity index (χ4v) is 1.32. The number of amides is 1. The minimum Gasteiger partial charge on any atom is -0.352 e. The van der Waals surface area contributed by atoms with E-state index in [0.29, 0.717) is 17.7 Å². The van der Waals surface area contributed by atoms with Gasteiger partial charge < -0.3 is 5.32 Å². The van der Waals surface area contributed by atoms with Crippen LogP contribution in [0.3, 0.4) is 0 Å². The summed E-state index contributed by atoms with van der Waals surface area (Å²) in [7, 11) is 0. The predicted octanol–water partition coefficient (Wildman–Crippen LogP) is 2.91. The third-order valence-electron chi connectivity index (χ3n) is 2.21. The Hall–Kier alpha value is -1.38. The Balaban J connectivity index is 2.74. The molecule has 2 nitrogen and oxygen atoms in total. The third kappa shape index (κ3) is 3.65. The van der Waals surface area contributed by atoms with Crippen LogP contribution in [-0.4, -0.2) is 12.5 Å². The number of hydrogen-bond acceptors (Lipinski definition) is 1. The first-order valence-corrected chi connectivity index (χ1v) is 5.34. The molecule has 0 heterocycles. The van der Waals surface area contributed by atoms with Crippen molar-refractivity contribution in [3.05, 3.63) is 35.1 Å². The maximum atomic E-state index is 12.9. The first-order chi connectivity index (χ1) is 7.29. The highest BCUT2D eigenvalue weighted by Crippen LogP contribution is 2.13. The van der Waals surface area contributed by atoms with Crippen LogP contribution in [0, 0.1) is 18.2 Å². The molecular weight excluding hydrogens is 205 g/mol. The van der Waals surface area contributed by atoms with Gasteiger partial charge in [-0.15, -0.1) is 0 Å². The van der Waals surface area contributed by atoms with E-state index in [-0.39, 0.29) is 17.1 Å². The number of benzene rings is 1. The van der Waals surface area contributed by atoms with E-state index in [2.05, 4.69) is 5.32 Å². The molecule has 1 aromatic carbocycles. The molecule has 0 aromatic heterocycles. The molecule has 0 saturated heterocycles. The molecule has 0 fully saturated rings. The van der Waals surface area contributed by atoms with E-state index in [1.54, 1.807) is 6.92 Å². The Bertz CT molecular complexity index is 393. The Morgan fingerprint density at radius 1 is 1.38 bits per heavy atom. The minimum atomic E-state index is -0.315. The first kappa shape index (κ1) is 12.7. The fraction of sp³-hybridized carbons (Fsp3) is 0.462. The van der Waals surface area contributed by atoms with Gasteiger partial charge in [-0.2, -0.15) is 0 Å². The maximum Gasteiger partial charge on any atom is 0.251 e. The average Bonchev–Trinajstić information content (AvgIpc) is 2.13. The van der Waals surface area contributed by atoms with Gasteiger partial charge in [0, 0.05) is 12.1 Å². The quantitative estimate of drug-likeness (QED) is 0.820. The third-order valence-corrected chi connectivity index (χ3v) is 2.21. The Morgan fingerprint density at radius 3 is 2.50 bits per heavy atom. The molecule has 0 saturated carbocycles. The summed E-state index contributed by atoms with van der Waals surface area (Å²) in [5.41, 5.74) is 1.24. The second-order valence-corrected chi connectivity index (χ2v) is 5.20. The van der Waals surface area contributed by atoms with Crippen molar-refractivity contribution in [2.75, 3.05) is 6.54 Å². The van der Waals surface area contributed by atoms with Gasteiger partial charge in [-0.1, -0.05) is 20.8 Å². The van der Waals surface area contributed by atoms with E-state index in [9.17, 15) is 9.18 Å². The summed E-state index contributed by atoms with van der Waals surface area (Å²) in [5, 5.41) is 2.84. The Morgan fingerprint density at radius 2 is 2.00 bits per heavy atom. The van der Waals surface area contributed by atoms with Gasteiger partial charge in [0.1, 0.15) is 5.82 Å². The molecule has 0 aliphatic heterocycles. The summed E-state index contributed by atoms with van der Waals surface area (Å²) in [6.45, 7) is 8.47. The summed E-state index contributed by atoms with van der Waals surface area (Å²) in [6, 6.07) is 4.19. The highest BCUT2D eigenvalue weighted by molar-refractivity contribution is 5.95. The van der Waals surface area contributed by atoms with Crippen LogP contribution >= 0.6 is 0 Å². The second kappa shape index (κ2) is 4.64. The summed E-state index contributed by atoms with van der Waals surface area (Å²) >= 11 is 0. The number of carbonyl (C=O) groups excluding carboxylic acids is 1. The zero-order valence-electron chi connectivity index (χ0n) is 10.2. The smallest absolute Gasteiger partial charge is 0.251 e. The van der Waals surface area contributed by atoms with Crippen molar-refractivity contribution in [2.45, 2.75) is 27.7 Å². The second-order valence-electron chi connectivity index (χ2n) is 5.20. The summed E-state index contributed by atoms with van der Waals surface area (Å²) in [5.74, 6) is -0.461. The molecule has 1 N–H and O–H groups in total. The van der Waals surface area contributed by atoms with Crippen molar-refractivity contribution < 1.29 is 9.18 Å². The molecule has 88 valence electrons. The van der Waals surface area contributed by atoms with E-state index in [1.165, 1.54) is 18.2 Å². The predicted molar refractivity (Wildman–Crippen MR) is 62.9 cm³/mol. The molecule has 1 aromatic rings. The number of halogens is 1. The average molecular weight is 223 g/mol. The molecule has 1 rings (SSSR count). The molecule has 1 amide bonds. The monoisotopic (exact) mass is 223 g/mol. The molecule has 16 heavy (non-hydrogen) atoms. The number of hydrogen-bond donors (Lipinski definition) is 1. The van der Waals surface area contributed by atoms with Crippen molar-refractivity contribution in [1.82, 2.24) is 5.32 Å². The summed E-state index contributed by atoms with van der Waals surface area (Å²) < 4.78 is 12.9. The van der Waals surface area contributed by atoms with Gasteiger partial charge in [0.15, 0.2) is 0 Å². The zero-order chi connectivity index (χ0) is 12.3. The molecule has 0 radical (unpaired) electrons. The van der Waals surface area contributed by atoms with Crippen molar-refractivity contribution in [1.29, 1.82) is 0 Å². The van der Waals surface area contributed by atoms with E-state index in [1.807, 2.05) is 20.8 Å². The first-order valence-electron chi connectivity index (χ1n) is 5.34. The molecule has 0 aliphatic rings. The lowest BCUT2D eigenvalue weighted by atomic mass is 9.96. The number of rotatable bonds is 2. The molecule has 3 heteroatoms. The molecule has 0 unspecified atom stereocenters. The summed E-state index contributed by atoms with van der Waals surface area (Å²) in [4.78, 5) is 11.8. The normalized spacial score (nSPS) is 11.3. The lowest BCUT2D eigenvalue weighted by Crippen LogP contribution is -2.32. The van der Waals surface area contributed by atoms with E-state index in [0.717, 1.165) is 0 Å². The largest absolute Gasteiger partial charge is 0.352 e. The van der Waals surface area contributed by atoms with Gasteiger partial charge in [-0.05, 0) is 36.1 Å². The van der Waals surface area contributed by atoms with Gasteiger partial charge >= 0.3 is 0 Å². The number of nitrogens with one attached hydrogen (secondary N) is 1. The van der Waals surface area contributed by atoms with E-state index < -0.39 is 0 Å². The van der Waals surface area contributed by atoms with Crippen LogP contribution in [0.25, 0.3) is 0 Å². The van der Waals surface area contributed by atoms with E-state index >= 15 is 0 Å². The molecule has 0 aliphatic carbocycles. The van der Waals surface area contributed by atoms with Crippen LogP contribution in [0.4, 0.5) is 4.39 Å². The van der Waals surface area contributed by atoms with Crippen LogP contribution < -0.4 is 5.32 Å². The van der Waals surface area contributed by atoms with E-state index in [4.69, 9.17) is 0 Å². The number of aryl methyl sites for hydroxylation is 1. The van der Waals surface area contributed by atoms with Crippen LogP contribution in [-0.2, 0) is 0 Å². The molecule has 0 spiro atoms. The topological polar surface area (TPSA) is 29.1 Å². The van der Waals surface area contributed by atoms with Crippen molar-refractivity contribution in [3.8, 4) is 0 Å². The van der Waals surface area contributed by atoms with Crippen molar-refractivity contribution >= 4 is 5.91 Å². The Labute approximate surface area is 95.9 Å². The van der Waals surface area contributed by atoms with Gasteiger partial charge in [0.2, 0.25) is 0 Å². The molecule has 0 atom stereocenters. The van der Waals surface area contributed by atoms with Crippen LogP contribution in [0.1, 0.15) is 36.7 Å². The Kier molecular flexibility index (Phi) is 3.68. The number of carbonyl (C=O) groups is 1. The van der Waals surface area contributed by atoms with Crippen molar-refractivity contribution in [2.24, 2.45) is 5.41 Å². The zero-order valence-corrected chi connectivity index (χ0v) is 10.2. The fourth-order valence-electron chi connectivity index (χ4n) is 1.32. The van der Waals surface area contributed by atoms with Crippen LogP contribution in [0.5, 0.6) is 0 Å². The standard InChI is InChI=1S/C13H18FNO/c1-9-7-10(14)5-6-11(9)12(16)15-8-13(2,3)4/h5-7H,8H2,1-4H3,(H,15,16). The minimum absolute atomic E-state index is 0.0452. The maximum absolute atomic E-state index is 12.9. The van der Waals surface area contributed by atoms with Gasteiger partial charge in [-0.25, -0.2) is 4.39 Å². The van der Waals surface area contributed by atoms with Crippen LogP contribution in [0.2, 0.25) is 0 Å². The summed E-state index contributed by atoms with van der Waals surface area (Å²) in [6.07, 6.45) is 0. The lowest BCUT2D eigenvalue weighted by Gasteiger charge is -2.19. The molecular formula is C13H18FNO. The van der Waals surface area contributed by atoms with Gasteiger partial charge in [-0.3, -0.25) is 4.79 Å². The van der Waals surface area contributed by atoms with Gasteiger partial charge in [0.05, 0.1) is 0 Å². The highest BCUT2D eigenvalue weighted by atomic mass is 19.1. The van der Waals surface area contributed by atoms with Crippen molar-refractivity contribution in [3.63, 3.8) is 0 Å². The highest BCUT2D eigenvalue weighted by Gasteiger charge is 2.14. The van der Waals surface area contributed by atoms with Crippen LogP contribution in [0.15, 0.2) is 18.2 Å². The van der Waals surface area contributed by atoms with Gasteiger partial charge in [0.25, 0.3) is 5.91 Å². The lowest BCUT2D eigenvalue weighted by molar-refractivity contribution is 0.0938. The molecule has 0 bridgehead atoms. The SMILES string of the molecule is Cc1cc(F)ccc1C(=O)NCC(C)(C)C.